The van der Waals surface area contributed by atoms with Gasteiger partial charge in [0.2, 0.25) is 5.88 Å². The van der Waals surface area contributed by atoms with Crippen LogP contribution in [0.5, 0.6) is 5.75 Å². The van der Waals surface area contributed by atoms with Gasteiger partial charge in [0.1, 0.15) is 11.3 Å². The van der Waals surface area contributed by atoms with E-state index in [1.165, 1.54) is 0 Å². The summed E-state index contributed by atoms with van der Waals surface area (Å²) in [7, 11) is 0. The Morgan fingerprint density at radius 1 is 1.15 bits per heavy atom. The molecule has 1 aliphatic rings. The average molecular weight is 361 g/mol. The third-order valence-corrected chi connectivity index (χ3v) is 4.26. The van der Waals surface area contributed by atoms with Crippen molar-refractivity contribution in [3.8, 4) is 5.75 Å². The molecule has 0 bridgehead atoms. The fourth-order valence-electron chi connectivity index (χ4n) is 2.93. The molecule has 0 amide bonds. The van der Waals surface area contributed by atoms with Gasteiger partial charge in [-0.1, -0.05) is 32.9 Å². The van der Waals surface area contributed by atoms with Crippen molar-refractivity contribution in [1.82, 2.24) is 0 Å². The minimum Gasteiger partial charge on any atom is -0.466 e. The zero-order chi connectivity index (χ0) is 19.5. The third kappa shape index (κ3) is 4.18. The number of esters is 2. The SMILES string of the molecule is CCOC(=O)CC1C(C(=O)OCC)=C(N)Oc2ccc(C(C)(C)C)cc21. The van der Waals surface area contributed by atoms with Gasteiger partial charge in [0.05, 0.1) is 19.6 Å². The molecule has 2 N–H and O–H groups in total. The standard InChI is InChI=1S/C20H27NO5/c1-6-24-16(22)11-14-13-10-12(20(3,4)5)8-9-15(13)26-18(21)17(14)19(23)25-7-2/h8-10,14H,6-7,11,21H2,1-5H3. The number of benzene rings is 1. The lowest BCUT2D eigenvalue weighted by molar-refractivity contribution is -0.143. The molecule has 0 spiro atoms. The molecule has 0 aromatic heterocycles. The van der Waals surface area contributed by atoms with Crippen LogP contribution in [0.3, 0.4) is 0 Å². The lowest BCUT2D eigenvalue weighted by Crippen LogP contribution is -2.29. The minimum atomic E-state index is -0.578. The van der Waals surface area contributed by atoms with E-state index in [1.54, 1.807) is 13.8 Å². The molecule has 0 aliphatic carbocycles. The number of ether oxygens (including phenoxy) is 3. The highest BCUT2D eigenvalue weighted by molar-refractivity contribution is 5.92. The molecule has 0 saturated carbocycles. The molecule has 2 rings (SSSR count). The normalized spacial score (nSPS) is 16.6. The van der Waals surface area contributed by atoms with Crippen molar-refractivity contribution in [1.29, 1.82) is 0 Å². The molecule has 1 unspecified atom stereocenters. The monoisotopic (exact) mass is 361 g/mol. The van der Waals surface area contributed by atoms with Crippen LogP contribution in [-0.2, 0) is 24.5 Å². The Morgan fingerprint density at radius 3 is 2.38 bits per heavy atom. The van der Waals surface area contributed by atoms with E-state index in [1.807, 2.05) is 18.2 Å². The zero-order valence-corrected chi connectivity index (χ0v) is 16.0. The molecule has 0 fully saturated rings. The van der Waals surface area contributed by atoms with Crippen LogP contribution in [0, 0.1) is 0 Å². The molecule has 1 heterocycles. The third-order valence-electron chi connectivity index (χ3n) is 4.26. The Labute approximate surface area is 154 Å². The second kappa shape index (κ2) is 7.81. The van der Waals surface area contributed by atoms with Crippen LogP contribution in [0.25, 0.3) is 0 Å². The van der Waals surface area contributed by atoms with E-state index in [2.05, 4.69) is 20.8 Å². The van der Waals surface area contributed by atoms with Gasteiger partial charge in [0, 0.05) is 11.5 Å². The topological polar surface area (TPSA) is 87.9 Å². The Balaban J connectivity index is 2.54. The maximum atomic E-state index is 12.5. The van der Waals surface area contributed by atoms with Crippen molar-refractivity contribution in [2.45, 2.75) is 52.4 Å². The number of hydrogen-bond donors (Lipinski definition) is 1. The summed E-state index contributed by atoms with van der Waals surface area (Å²) in [6.45, 7) is 10.2. The highest BCUT2D eigenvalue weighted by atomic mass is 16.5. The molecule has 1 aromatic carbocycles. The van der Waals surface area contributed by atoms with Crippen LogP contribution in [-0.4, -0.2) is 25.2 Å². The first-order valence-corrected chi connectivity index (χ1v) is 8.83. The van der Waals surface area contributed by atoms with Crippen LogP contribution in [0.1, 0.15) is 58.1 Å². The van der Waals surface area contributed by atoms with Crippen molar-refractivity contribution in [3.63, 3.8) is 0 Å². The van der Waals surface area contributed by atoms with Gasteiger partial charge in [-0.05, 0) is 30.9 Å². The molecule has 1 aromatic rings. The number of carbonyl (C=O) groups is 2. The lowest BCUT2D eigenvalue weighted by atomic mass is 9.80. The minimum absolute atomic E-state index is 0.00730. The molecule has 6 nitrogen and oxygen atoms in total. The highest BCUT2D eigenvalue weighted by Gasteiger charge is 2.36. The van der Waals surface area contributed by atoms with Crippen molar-refractivity contribution in [2.75, 3.05) is 13.2 Å². The molecule has 0 radical (unpaired) electrons. The van der Waals surface area contributed by atoms with Crippen molar-refractivity contribution in [2.24, 2.45) is 5.73 Å². The van der Waals surface area contributed by atoms with Gasteiger partial charge < -0.3 is 19.9 Å². The summed E-state index contributed by atoms with van der Waals surface area (Å²) < 4.78 is 15.9. The fourth-order valence-corrected chi connectivity index (χ4v) is 2.93. The Kier molecular flexibility index (Phi) is 5.95. The number of rotatable bonds is 5. The largest absolute Gasteiger partial charge is 0.466 e. The summed E-state index contributed by atoms with van der Waals surface area (Å²) in [6.07, 6.45) is -0.00730. The van der Waals surface area contributed by atoms with E-state index < -0.39 is 17.9 Å². The van der Waals surface area contributed by atoms with Crippen LogP contribution in [0.2, 0.25) is 0 Å². The average Bonchev–Trinajstić information content (AvgIpc) is 2.53. The summed E-state index contributed by atoms with van der Waals surface area (Å²) in [5.74, 6) is -1.04. The van der Waals surface area contributed by atoms with Gasteiger partial charge in [-0.15, -0.1) is 0 Å². The summed E-state index contributed by atoms with van der Waals surface area (Å²) in [6, 6.07) is 5.75. The second-order valence-electron chi connectivity index (χ2n) is 7.16. The summed E-state index contributed by atoms with van der Waals surface area (Å²) in [5, 5.41) is 0. The Hall–Kier alpha value is -2.50. The first kappa shape index (κ1) is 19.8. The van der Waals surface area contributed by atoms with Gasteiger partial charge in [-0.25, -0.2) is 4.79 Å². The van der Waals surface area contributed by atoms with Gasteiger partial charge in [0.15, 0.2) is 0 Å². The fraction of sp³-hybridized carbons (Fsp3) is 0.500. The zero-order valence-electron chi connectivity index (χ0n) is 16.0. The lowest BCUT2D eigenvalue weighted by Gasteiger charge is -2.29. The number of hydrogen-bond acceptors (Lipinski definition) is 6. The summed E-state index contributed by atoms with van der Waals surface area (Å²) in [5.41, 5.74) is 7.87. The molecular weight excluding hydrogens is 334 g/mol. The van der Waals surface area contributed by atoms with Crippen molar-refractivity contribution < 1.29 is 23.8 Å². The van der Waals surface area contributed by atoms with E-state index in [-0.39, 0.29) is 36.5 Å². The van der Waals surface area contributed by atoms with E-state index in [9.17, 15) is 9.59 Å². The van der Waals surface area contributed by atoms with Gasteiger partial charge in [-0.2, -0.15) is 0 Å². The van der Waals surface area contributed by atoms with Crippen LogP contribution in [0.15, 0.2) is 29.7 Å². The van der Waals surface area contributed by atoms with Crippen LogP contribution < -0.4 is 10.5 Å². The molecule has 1 atom stereocenters. The van der Waals surface area contributed by atoms with E-state index in [0.29, 0.717) is 5.75 Å². The molecule has 26 heavy (non-hydrogen) atoms. The molecular formula is C20H27NO5. The predicted molar refractivity (Wildman–Crippen MR) is 97.6 cm³/mol. The number of carbonyl (C=O) groups excluding carboxylic acids is 2. The molecule has 142 valence electrons. The predicted octanol–water partition coefficient (Wildman–Crippen LogP) is 3.15. The quantitative estimate of drug-likeness (QED) is 0.811. The van der Waals surface area contributed by atoms with Gasteiger partial charge >= 0.3 is 11.9 Å². The summed E-state index contributed by atoms with van der Waals surface area (Å²) >= 11 is 0. The van der Waals surface area contributed by atoms with Crippen LogP contribution in [0.4, 0.5) is 0 Å². The maximum absolute atomic E-state index is 12.5. The first-order chi connectivity index (χ1) is 12.2. The smallest absolute Gasteiger partial charge is 0.340 e. The highest BCUT2D eigenvalue weighted by Crippen LogP contribution is 2.42. The van der Waals surface area contributed by atoms with Crippen LogP contribution >= 0.6 is 0 Å². The Morgan fingerprint density at radius 2 is 1.81 bits per heavy atom. The second-order valence-corrected chi connectivity index (χ2v) is 7.16. The van der Waals surface area contributed by atoms with Crippen molar-refractivity contribution >= 4 is 11.9 Å². The van der Waals surface area contributed by atoms with Crippen molar-refractivity contribution in [3.05, 3.63) is 40.8 Å². The Bertz CT molecular complexity index is 730. The first-order valence-electron chi connectivity index (χ1n) is 8.83. The number of fused-ring (bicyclic) bond motifs is 1. The summed E-state index contributed by atoms with van der Waals surface area (Å²) in [4.78, 5) is 24.6. The van der Waals surface area contributed by atoms with Gasteiger partial charge in [0.25, 0.3) is 0 Å². The van der Waals surface area contributed by atoms with E-state index >= 15 is 0 Å². The number of nitrogens with two attached hydrogens (primary N) is 1. The molecule has 0 saturated heterocycles. The van der Waals surface area contributed by atoms with E-state index in [0.717, 1.165) is 11.1 Å². The van der Waals surface area contributed by atoms with Gasteiger partial charge in [-0.3, -0.25) is 4.79 Å². The molecule has 1 aliphatic heterocycles. The maximum Gasteiger partial charge on any atom is 0.340 e. The molecule has 6 heteroatoms. The van der Waals surface area contributed by atoms with E-state index in [4.69, 9.17) is 19.9 Å².